The fourth-order valence-corrected chi connectivity index (χ4v) is 1.94. The van der Waals surface area contributed by atoms with Crippen LogP contribution in [0.15, 0.2) is 42.5 Å². The molecular formula is C16H10ClFN2O3. The number of rotatable bonds is 4. The second-order valence-corrected chi connectivity index (χ2v) is 4.82. The molecule has 7 heteroatoms. The van der Waals surface area contributed by atoms with Crippen LogP contribution in [0.4, 0.5) is 10.1 Å². The summed E-state index contributed by atoms with van der Waals surface area (Å²) in [4.78, 5) is 23.4. The third-order valence-electron chi connectivity index (χ3n) is 2.80. The molecule has 1 N–H and O–H groups in total. The lowest BCUT2D eigenvalue weighted by Gasteiger charge is -2.07. The summed E-state index contributed by atoms with van der Waals surface area (Å²) in [7, 11) is 0. The van der Waals surface area contributed by atoms with Gasteiger partial charge in [0.05, 0.1) is 16.1 Å². The quantitative estimate of drug-likeness (QED) is 0.872. The van der Waals surface area contributed by atoms with Crippen molar-refractivity contribution in [3.8, 4) is 6.07 Å². The molecule has 2 rings (SSSR count). The molecule has 0 saturated heterocycles. The van der Waals surface area contributed by atoms with E-state index < -0.39 is 24.3 Å². The summed E-state index contributed by atoms with van der Waals surface area (Å²) in [6.45, 7) is -0.579. The lowest BCUT2D eigenvalue weighted by Crippen LogP contribution is -2.21. The molecule has 23 heavy (non-hydrogen) atoms. The minimum atomic E-state index is -0.934. The van der Waals surface area contributed by atoms with E-state index in [0.29, 0.717) is 5.69 Å². The zero-order chi connectivity index (χ0) is 16.8. The number of nitrogens with one attached hydrogen (secondary N) is 1. The predicted molar refractivity (Wildman–Crippen MR) is 81.5 cm³/mol. The molecule has 0 aliphatic heterocycles. The molecule has 0 fully saturated rings. The first-order chi connectivity index (χ1) is 11.0. The van der Waals surface area contributed by atoms with Crippen molar-refractivity contribution in [2.24, 2.45) is 0 Å². The van der Waals surface area contributed by atoms with Gasteiger partial charge in [-0.1, -0.05) is 23.7 Å². The number of anilines is 1. The van der Waals surface area contributed by atoms with Crippen molar-refractivity contribution < 1.29 is 18.7 Å². The molecule has 1 amide bonds. The average molecular weight is 333 g/mol. The maximum absolute atomic E-state index is 13.4. The van der Waals surface area contributed by atoms with Gasteiger partial charge in [-0.15, -0.1) is 0 Å². The maximum Gasteiger partial charge on any atom is 0.341 e. The van der Waals surface area contributed by atoms with Crippen molar-refractivity contribution in [2.45, 2.75) is 0 Å². The van der Waals surface area contributed by atoms with Crippen molar-refractivity contribution in [3.05, 3.63) is 64.4 Å². The van der Waals surface area contributed by atoms with Gasteiger partial charge in [-0.05, 0) is 30.3 Å². The summed E-state index contributed by atoms with van der Waals surface area (Å²) >= 11 is 5.84. The smallest absolute Gasteiger partial charge is 0.341 e. The number of ether oxygens (including phenoxy) is 1. The number of nitrogens with zero attached hydrogens (tertiary/aromatic N) is 1. The highest BCUT2D eigenvalue weighted by Crippen LogP contribution is 2.20. The van der Waals surface area contributed by atoms with Gasteiger partial charge in [-0.25, -0.2) is 9.18 Å². The highest BCUT2D eigenvalue weighted by molar-refractivity contribution is 6.32. The Morgan fingerprint density at radius 1 is 1.26 bits per heavy atom. The molecule has 0 unspecified atom stereocenters. The summed E-state index contributed by atoms with van der Waals surface area (Å²) in [5.74, 6) is -2.27. The van der Waals surface area contributed by atoms with E-state index in [9.17, 15) is 14.0 Å². The van der Waals surface area contributed by atoms with Crippen LogP contribution >= 0.6 is 11.6 Å². The third kappa shape index (κ3) is 4.28. The van der Waals surface area contributed by atoms with Gasteiger partial charge in [0.25, 0.3) is 5.91 Å². The Balaban J connectivity index is 1.93. The molecule has 116 valence electrons. The zero-order valence-corrected chi connectivity index (χ0v) is 12.4. The molecule has 0 spiro atoms. The van der Waals surface area contributed by atoms with E-state index in [2.05, 4.69) is 5.32 Å². The maximum atomic E-state index is 13.4. The third-order valence-corrected chi connectivity index (χ3v) is 3.11. The van der Waals surface area contributed by atoms with Crippen LogP contribution in [0.2, 0.25) is 5.02 Å². The number of hydrogen-bond donors (Lipinski definition) is 1. The number of carbonyl (C=O) groups excluding carboxylic acids is 2. The van der Waals surface area contributed by atoms with Crippen molar-refractivity contribution in [1.82, 2.24) is 0 Å². The highest BCUT2D eigenvalue weighted by Gasteiger charge is 2.14. The molecule has 0 aliphatic carbocycles. The Labute approximate surface area is 136 Å². The van der Waals surface area contributed by atoms with Crippen LogP contribution < -0.4 is 5.32 Å². The van der Waals surface area contributed by atoms with Crippen LogP contribution in [0, 0.1) is 17.1 Å². The van der Waals surface area contributed by atoms with Gasteiger partial charge < -0.3 is 10.1 Å². The van der Waals surface area contributed by atoms with Gasteiger partial charge in [-0.2, -0.15) is 5.26 Å². The van der Waals surface area contributed by atoms with E-state index in [-0.39, 0.29) is 16.1 Å². The number of esters is 1. The Hall–Kier alpha value is -2.91. The summed E-state index contributed by atoms with van der Waals surface area (Å²) in [6, 6.07) is 11.5. The molecule has 0 atom stereocenters. The van der Waals surface area contributed by atoms with Gasteiger partial charge in [0.2, 0.25) is 0 Å². The Bertz CT molecular complexity index is 802. The van der Waals surface area contributed by atoms with Crippen molar-refractivity contribution in [3.63, 3.8) is 0 Å². The number of halogens is 2. The molecule has 0 heterocycles. The average Bonchev–Trinajstić information content (AvgIpc) is 2.53. The van der Waals surface area contributed by atoms with Crippen molar-refractivity contribution in [2.75, 3.05) is 11.9 Å². The van der Waals surface area contributed by atoms with Crippen LogP contribution in [0.25, 0.3) is 0 Å². The number of hydrogen-bond acceptors (Lipinski definition) is 4. The van der Waals surface area contributed by atoms with Gasteiger partial charge >= 0.3 is 5.97 Å². The van der Waals surface area contributed by atoms with E-state index in [1.165, 1.54) is 36.4 Å². The first-order valence-electron chi connectivity index (χ1n) is 6.42. The summed E-state index contributed by atoms with van der Waals surface area (Å²) in [6.07, 6.45) is 0. The molecule has 0 radical (unpaired) electrons. The van der Waals surface area contributed by atoms with Crippen molar-refractivity contribution in [1.29, 1.82) is 5.26 Å². The summed E-state index contributed by atoms with van der Waals surface area (Å²) < 4.78 is 18.1. The normalized spacial score (nSPS) is 9.78. The molecule has 0 aliphatic rings. The van der Waals surface area contributed by atoms with E-state index in [4.69, 9.17) is 21.6 Å². The van der Waals surface area contributed by atoms with E-state index in [0.717, 1.165) is 6.07 Å². The Kier molecular flexibility index (Phi) is 5.28. The van der Waals surface area contributed by atoms with E-state index in [1.807, 2.05) is 6.07 Å². The predicted octanol–water partition coefficient (Wildman–Crippen LogP) is 3.15. The number of nitriles is 1. The van der Waals surface area contributed by atoms with Crippen LogP contribution in [0.5, 0.6) is 0 Å². The Morgan fingerprint density at radius 3 is 2.65 bits per heavy atom. The monoisotopic (exact) mass is 332 g/mol. The first kappa shape index (κ1) is 16.5. The molecule has 5 nitrogen and oxygen atoms in total. The van der Waals surface area contributed by atoms with E-state index in [1.54, 1.807) is 0 Å². The molecule has 0 aromatic heterocycles. The summed E-state index contributed by atoms with van der Waals surface area (Å²) in [5.41, 5.74) is 0.373. The van der Waals surface area contributed by atoms with Crippen LogP contribution in [-0.2, 0) is 9.53 Å². The second kappa shape index (κ2) is 7.38. The minimum absolute atomic E-state index is 0.189. The zero-order valence-electron chi connectivity index (χ0n) is 11.7. The molecule has 0 saturated carbocycles. The van der Waals surface area contributed by atoms with Crippen molar-refractivity contribution >= 4 is 29.2 Å². The minimum Gasteiger partial charge on any atom is -0.452 e. The fraction of sp³-hybridized carbons (Fsp3) is 0.0625. The fourth-order valence-electron chi connectivity index (χ4n) is 1.72. The summed E-state index contributed by atoms with van der Waals surface area (Å²) in [5, 5.41) is 11.4. The lowest BCUT2D eigenvalue weighted by atomic mass is 10.2. The standard InChI is InChI=1S/C16H10ClFN2O3/c17-13-7-11(6-5-10(13)8-19)20-15(21)9-23-16(22)12-3-1-2-4-14(12)18/h1-7H,9H2,(H,20,21). The van der Waals surface area contributed by atoms with Crippen LogP contribution in [0.1, 0.15) is 15.9 Å². The number of benzene rings is 2. The number of amides is 1. The second-order valence-electron chi connectivity index (χ2n) is 4.41. The van der Waals surface area contributed by atoms with Gasteiger partial charge in [0, 0.05) is 5.69 Å². The lowest BCUT2D eigenvalue weighted by molar-refractivity contribution is -0.119. The van der Waals surface area contributed by atoms with Gasteiger partial charge in [0.1, 0.15) is 11.9 Å². The molecule has 2 aromatic rings. The highest BCUT2D eigenvalue weighted by atomic mass is 35.5. The van der Waals surface area contributed by atoms with Crippen LogP contribution in [-0.4, -0.2) is 18.5 Å². The van der Waals surface area contributed by atoms with Gasteiger partial charge in [0.15, 0.2) is 6.61 Å². The first-order valence-corrected chi connectivity index (χ1v) is 6.80. The molecule has 0 bridgehead atoms. The largest absolute Gasteiger partial charge is 0.452 e. The number of carbonyl (C=O) groups is 2. The molecular weight excluding hydrogens is 323 g/mol. The Morgan fingerprint density at radius 2 is 2.00 bits per heavy atom. The topological polar surface area (TPSA) is 79.2 Å². The SMILES string of the molecule is N#Cc1ccc(NC(=O)COC(=O)c2ccccc2F)cc1Cl. The van der Waals surface area contributed by atoms with Gasteiger partial charge in [-0.3, -0.25) is 4.79 Å². The van der Waals surface area contributed by atoms with Crippen LogP contribution in [0.3, 0.4) is 0 Å². The van der Waals surface area contributed by atoms with E-state index >= 15 is 0 Å². The molecule has 2 aromatic carbocycles.